The number of hydrogen-bond acceptors (Lipinski definition) is 2. The van der Waals surface area contributed by atoms with Crippen LogP contribution in [0.4, 0.5) is 13.2 Å². The Hall–Kier alpha value is -0.290. The van der Waals surface area contributed by atoms with Crippen LogP contribution < -0.4 is 5.73 Å². The molecule has 0 amide bonds. The molecule has 0 aromatic rings. The maximum absolute atomic E-state index is 12.2. The molecule has 0 bridgehead atoms. The third-order valence-corrected chi connectivity index (χ3v) is 2.66. The quantitative estimate of drug-likeness (QED) is 0.766. The summed E-state index contributed by atoms with van der Waals surface area (Å²) in [6.45, 7) is 2.67. The Kier molecular flexibility index (Phi) is 3.42. The van der Waals surface area contributed by atoms with Crippen LogP contribution in [0.25, 0.3) is 0 Å². The molecule has 1 fully saturated rings. The van der Waals surface area contributed by atoms with Crippen LogP contribution in [-0.4, -0.2) is 35.7 Å². The average molecular weight is 210 g/mol. The van der Waals surface area contributed by atoms with Crippen molar-refractivity contribution in [3.05, 3.63) is 0 Å². The summed E-state index contributed by atoms with van der Waals surface area (Å²) in [7, 11) is 0. The van der Waals surface area contributed by atoms with E-state index >= 15 is 0 Å². The fourth-order valence-corrected chi connectivity index (χ4v) is 1.52. The van der Waals surface area contributed by atoms with Gasteiger partial charge < -0.3 is 5.73 Å². The van der Waals surface area contributed by atoms with Crippen LogP contribution in [0.3, 0.4) is 0 Å². The minimum Gasteiger partial charge on any atom is -0.327 e. The zero-order chi connectivity index (χ0) is 10.9. The van der Waals surface area contributed by atoms with Crippen molar-refractivity contribution < 1.29 is 13.2 Å². The number of hydrogen-bond donors (Lipinski definition) is 1. The molecule has 0 heterocycles. The van der Waals surface area contributed by atoms with E-state index in [0.717, 1.165) is 12.8 Å². The summed E-state index contributed by atoms with van der Waals surface area (Å²) in [5.41, 5.74) is 5.61. The second-order valence-corrected chi connectivity index (χ2v) is 4.12. The molecule has 5 heteroatoms. The first-order valence-electron chi connectivity index (χ1n) is 4.89. The van der Waals surface area contributed by atoms with Crippen molar-refractivity contribution in [3.63, 3.8) is 0 Å². The highest BCUT2D eigenvalue weighted by Crippen LogP contribution is 2.32. The Labute approximate surface area is 82.2 Å². The molecule has 0 spiro atoms. The largest absolute Gasteiger partial charge is 0.401 e. The summed E-state index contributed by atoms with van der Waals surface area (Å²) >= 11 is 0. The molecule has 1 aliphatic carbocycles. The lowest BCUT2D eigenvalue weighted by Gasteiger charge is -2.32. The minimum absolute atomic E-state index is 0.0950. The van der Waals surface area contributed by atoms with Crippen LogP contribution in [0.15, 0.2) is 0 Å². The molecule has 1 saturated carbocycles. The Morgan fingerprint density at radius 1 is 1.36 bits per heavy atom. The minimum atomic E-state index is -4.12. The van der Waals surface area contributed by atoms with Gasteiger partial charge in [0, 0.05) is 18.1 Å². The number of nitrogens with two attached hydrogens (primary N) is 1. The Balaban J connectivity index is 2.55. The number of halogens is 3. The third-order valence-electron chi connectivity index (χ3n) is 2.66. The average Bonchev–Trinajstić information content (AvgIpc) is 2.79. The first-order valence-corrected chi connectivity index (χ1v) is 4.89. The van der Waals surface area contributed by atoms with Crippen molar-refractivity contribution in [3.8, 4) is 0 Å². The van der Waals surface area contributed by atoms with E-state index in [-0.39, 0.29) is 18.1 Å². The van der Waals surface area contributed by atoms with Gasteiger partial charge in [0.25, 0.3) is 0 Å². The van der Waals surface area contributed by atoms with Crippen LogP contribution in [-0.2, 0) is 0 Å². The zero-order valence-corrected chi connectivity index (χ0v) is 8.51. The van der Waals surface area contributed by atoms with Gasteiger partial charge in [0.15, 0.2) is 0 Å². The van der Waals surface area contributed by atoms with Gasteiger partial charge in [-0.3, -0.25) is 4.90 Å². The molecule has 84 valence electrons. The highest BCUT2D eigenvalue weighted by Gasteiger charge is 2.40. The van der Waals surface area contributed by atoms with Gasteiger partial charge in [0.05, 0.1) is 6.54 Å². The topological polar surface area (TPSA) is 29.3 Å². The van der Waals surface area contributed by atoms with Crippen molar-refractivity contribution in [2.75, 3.05) is 6.54 Å². The van der Waals surface area contributed by atoms with Gasteiger partial charge in [-0.2, -0.15) is 13.2 Å². The first-order chi connectivity index (χ1) is 6.31. The van der Waals surface area contributed by atoms with E-state index in [1.807, 2.05) is 0 Å². The van der Waals surface area contributed by atoms with Gasteiger partial charge >= 0.3 is 6.18 Å². The summed E-state index contributed by atoms with van der Waals surface area (Å²) in [6.07, 6.45) is -2.38. The third kappa shape index (κ3) is 3.46. The highest BCUT2D eigenvalue weighted by atomic mass is 19.4. The van der Waals surface area contributed by atoms with Crippen molar-refractivity contribution >= 4 is 0 Å². The molecule has 1 rings (SSSR count). The standard InChI is InChI=1S/C9H17F3N2/c1-6(13)7(2)14(8-3-4-8)5-9(10,11)12/h6-8H,3-5,13H2,1-2H3. The normalized spacial score (nSPS) is 22.5. The fourth-order valence-electron chi connectivity index (χ4n) is 1.52. The van der Waals surface area contributed by atoms with Gasteiger partial charge in [-0.15, -0.1) is 0 Å². The number of nitrogens with zero attached hydrogens (tertiary/aromatic N) is 1. The highest BCUT2D eigenvalue weighted by molar-refractivity contribution is 4.90. The molecular formula is C9H17F3N2. The van der Waals surface area contributed by atoms with Crippen molar-refractivity contribution in [1.29, 1.82) is 0 Å². The molecule has 1 aliphatic rings. The summed E-state index contributed by atoms with van der Waals surface area (Å²) in [5.74, 6) is 0. The molecule has 0 aromatic carbocycles. The lowest BCUT2D eigenvalue weighted by atomic mass is 10.1. The molecule has 2 unspecified atom stereocenters. The van der Waals surface area contributed by atoms with Crippen molar-refractivity contribution in [1.82, 2.24) is 4.90 Å². The SMILES string of the molecule is CC(N)C(C)N(CC(F)(F)F)C1CC1. The Bertz CT molecular complexity index is 187. The number of alkyl halides is 3. The van der Waals surface area contributed by atoms with E-state index < -0.39 is 12.7 Å². The fraction of sp³-hybridized carbons (Fsp3) is 1.00. The molecule has 0 aliphatic heterocycles. The molecule has 0 radical (unpaired) electrons. The van der Waals surface area contributed by atoms with E-state index in [4.69, 9.17) is 5.73 Å². The molecule has 2 atom stereocenters. The second kappa shape index (κ2) is 4.06. The van der Waals surface area contributed by atoms with Crippen molar-refractivity contribution in [2.45, 2.75) is 51.0 Å². The van der Waals surface area contributed by atoms with Gasteiger partial charge in [0.1, 0.15) is 0 Å². The monoisotopic (exact) mass is 210 g/mol. The Morgan fingerprint density at radius 2 is 1.86 bits per heavy atom. The lowest BCUT2D eigenvalue weighted by Crippen LogP contribution is -2.49. The predicted octanol–water partition coefficient (Wildman–Crippen LogP) is 1.75. The molecule has 0 saturated heterocycles. The van der Waals surface area contributed by atoms with Crippen LogP contribution in [0, 0.1) is 0 Å². The van der Waals surface area contributed by atoms with E-state index in [2.05, 4.69) is 0 Å². The maximum Gasteiger partial charge on any atom is 0.401 e. The summed E-state index contributed by atoms with van der Waals surface area (Å²) in [5, 5.41) is 0. The predicted molar refractivity (Wildman–Crippen MR) is 48.9 cm³/mol. The molecule has 2 nitrogen and oxygen atoms in total. The van der Waals surface area contributed by atoms with Crippen LogP contribution in [0.5, 0.6) is 0 Å². The summed E-state index contributed by atoms with van der Waals surface area (Å²) < 4.78 is 36.7. The van der Waals surface area contributed by atoms with E-state index in [1.165, 1.54) is 4.90 Å². The smallest absolute Gasteiger partial charge is 0.327 e. The number of rotatable bonds is 4. The van der Waals surface area contributed by atoms with Gasteiger partial charge in [-0.05, 0) is 26.7 Å². The van der Waals surface area contributed by atoms with Gasteiger partial charge in [-0.1, -0.05) is 0 Å². The Morgan fingerprint density at radius 3 is 2.14 bits per heavy atom. The van der Waals surface area contributed by atoms with E-state index in [1.54, 1.807) is 13.8 Å². The van der Waals surface area contributed by atoms with E-state index in [9.17, 15) is 13.2 Å². The molecule has 14 heavy (non-hydrogen) atoms. The van der Waals surface area contributed by atoms with Gasteiger partial charge in [0.2, 0.25) is 0 Å². The second-order valence-electron chi connectivity index (χ2n) is 4.12. The maximum atomic E-state index is 12.2. The van der Waals surface area contributed by atoms with Crippen LogP contribution >= 0.6 is 0 Å². The molecular weight excluding hydrogens is 193 g/mol. The zero-order valence-electron chi connectivity index (χ0n) is 8.51. The lowest BCUT2D eigenvalue weighted by molar-refractivity contribution is -0.152. The van der Waals surface area contributed by atoms with Crippen LogP contribution in [0.1, 0.15) is 26.7 Å². The first kappa shape index (κ1) is 11.8. The van der Waals surface area contributed by atoms with Crippen LogP contribution in [0.2, 0.25) is 0 Å². The summed E-state index contributed by atoms with van der Waals surface area (Å²) in [4.78, 5) is 1.48. The molecule has 2 N–H and O–H groups in total. The summed E-state index contributed by atoms with van der Waals surface area (Å²) in [6, 6.07) is -0.334. The van der Waals surface area contributed by atoms with Crippen molar-refractivity contribution in [2.24, 2.45) is 5.73 Å². The molecule has 0 aromatic heterocycles. The van der Waals surface area contributed by atoms with E-state index in [0.29, 0.717) is 0 Å². The van der Waals surface area contributed by atoms with Gasteiger partial charge in [-0.25, -0.2) is 0 Å².